The predicted octanol–water partition coefficient (Wildman–Crippen LogP) is 2.04. The number of para-hydroxylation sites is 1. The molecule has 1 aliphatic rings. The van der Waals surface area contributed by atoms with E-state index in [0.29, 0.717) is 12.3 Å². The van der Waals surface area contributed by atoms with E-state index < -0.39 is 0 Å². The lowest BCUT2D eigenvalue weighted by molar-refractivity contribution is -0.130. The second kappa shape index (κ2) is 8.12. The number of halogens is 1. The molecule has 0 saturated carbocycles. The van der Waals surface area contributed by atoms with Gasteiger partial charge in [-0.15, -0.1) is 12.4 Å². The number of ether oxygens (including phenoxy) is 1. The first-order valence-electron chi connectivity index (χ1n) is 6.81. The molecular weight excluding hydrogens is 276 g/mol. The minimum absolute atomic E-state index is 0. The first-order valence-corrected chi connectivity index (χ1v) is 6.81. The maximum absolute atomic E-state index is 12.0. The first kappa shape index (κ1) is 16.8. The van der Waals surface area contributed by atoms with Crippen molar-refractivity contribution < 1.29 is 9.53 Å². The van der Waals surface area contributed by atoms with E-state index in [-0.39, 0.29) is 18.3 Å². The Morgan fingerprint density at radius 1 is 1.45 bits per heavy atom. The van der Waals surface area contributed by atoms with E-state index in [9.17, 15) is 4.79 Å². The highest BCUT2D eigenvalue weighted by molar-refractivity contribution is 5.85. The summed E-state index contributed by atoms with van der Waals surface area (Å²) < 4.78 is 5.40. The number of carbonyl (C=O) groups is 1. The van der Waals surface area contributed by atoms with E-state index in [1.165, 1.54) is 5.56 Å². The Bertz CT molecular complexity index is 440. The molecule has 0 aliphatic carbocycles. The third-order valence-corrected chi connectivity index (χ3v) is 3.71. The van der Waals surface area contributed by atoms with Crippen LogP contribution in [0.4, 0.5) is 0 Å². The van der Waals surface area contributed by atoms with Gasteiger partial charge in [-0.1, -0.05) is 18.2 Å². The van der Waals surface area contributed by atoms with Gasteiger partial charge in [0.05, 0.1) is 7.11 Å². The van der Waals surface area contributed by atoms with Crippen molar-refractivity contribution in [1.29, 1.82) is 0 Å². The zero-order chi connectivity index (χ0) is 13.7. The Labute approximate surface area is 126 Å². The van der Waals surface area contributed by atoms with Crippen LogP contribution in [-0.4, -0.2) is 44.6 Å². The van der Waals surface area contributed by atoms with E-state index in [1.54, 1.807) is 7.11 Å². The van der Waals surface area contributed by atoms with Gasteiger partial charge in [0.2, 0.25) is 5.91 Å². The first-order chi connectivity index (χ1) is 9.26. The lowest BCUT2D eigenvalue weighted by atomic mass is 9.97. The molecule has 1 N–H and O–H groups in total. The van der Waals surface area contributed by atoms with Crippen LogP contribution in [0.3, 0.4) is 0 Å². The number of hydrogen-bond acceptors (Lipinski definition) is 3. The molecule has 1 aromatic carbocycles. The number of methoxy groups -OCH3 is 1. The molecule has 20 heavy (non-hydrogen) atoms. The van der Waals surface area contributed by atoms with Gasteiger partial charge in [0, 0.05) is 32.0 Å². The lowest BCUT2D eigenvalue weighted by Crippen LogP contribution is -2.30. The fourth-order valence-electron chi connectivity index (χ4n) is 2.63. The molecule has 2 rings (SSSR count). The second-order valence-electron chi connectivity index (χ2n) is 4.92. The largest absolute Gasteiger partial charge is 0.496 e. The summed E-state index contributed by atoms with van der Waals surface area (Å²) in [6.45, 7) is 2.41. The Balaban J connectivity index is 0.00000200. The molecule has 1 saturated heterocycles. The number of benzene rings is 1. The molecule has 1 atom stereocenters. The average molecular weight is 299 g/mol. The Kier molecular flexibility index (Phi) is 6.82. The maximum Gasteiger partial charge on any atom is 0.223 e. The third kappa shape index (κ3) is 3.87. The summed E-state index contributed by atoms with van der Waals surface area (Å²) in [5.41, 5.74) is 1.22. The highest BCUT2D eigenvalue weighted by atomic mass is 35.5. The molecule has 112 valence electrons. The molecule has 0 aromatic heterocycles. The van der Waals surface area contributed by atoms with E-state index in [1.807, 2.05) is 30.1 Å². The van der Waals surface area contributed by atoms with Crippen LogP contribution in [0.5, 0.6) is 5.75 Å². The van der Waals surface area contributed by atoms with E-state index in [4.69, 9.17) is 4.74 Å². The number of nitrogens with one attached hydrogen (secondary N) is 1. The van der Waals surface area contributed by atoms with Gasteiger partial charge in [-0.25, -0.2) is 0 Å². The van der Waals surface area contributed by atoms with Crippen LogP contribution in [0.25, 0.3) is 0 Å². The van der Waals surface area contributed by atoms with Gasteiger partial charge in [0.25, 0.3) is 0 Å². The fraction of sp³-hybridized carbons (Fsp3) is 0.533. The fourth-order valence-corrected chi connectivity index (χ4v) is 2.63. The van der Waals surface area contributed by atoms with Crippen LogP contribution in [0.15, 0.2) is 24.3 Å². The minimum Gasteiger partial charge on any atom is -0.496 e. The van der Waals surface area contributed by atoms with Gasteiger partial charge in [-0.3, -0.25) is 4.79 Å². The molecule has 1 unspecified atom stereocenters. The van der Waals surface area contributed by atoms with E-state index in [0.717, 1.165) is 31.8 Å². The quantitative estimate of drug-likeness (QED) is 0.904. The zero-order valence-electron chi connectivity index (χ0n) is 12.1. The van der Waals surface area contributed by atoms with Crippen LogP contribution in [0, 0.1) is 0 Å². The van der Waals surface area contributed by atoms with Crippen molar-refractivity contribution in [3.63, 3.8) is 0 Å². The summed E-state index contributed by atoms with van der Waals surface area (Å²) in [6.07, 6.45) is 1.60. The average Bonchev–Trinajstić information content (AvgIpc) is 2.94. The van der Waals surface area contributed by atoms with Gasteiger partial charge >= 0.3 is 0 Å². The van der Waals surface area contributed by atoms with Gasteiger partial charge in [0.15, 0.2) is 0 Å². The smallest absolute Gasteiger partial charge is 0.223 e. The Morgan fingerprint density at radius 3 is 2.90 bits per heavy atom. The molecule has 1 aromatic rings. The summed E-state index contributed by atoms with van der Waals surface area (Å²) in [4.78, 5) is 14.0. The monoisotopic (exact) mass is 298 g/mol. The molecule has 1 fully saturated rings. The molecular formula is C15H23ClN2O2. The molecule has 0 bridgehead atoms. The number of likely N-dealkylation sites (tertiary alicyclic amines) is 1. The SMILES string of the molecule is CNCCC(=O)N1CCC(c2ccccc2OC)C1.Cl. The Hall–Kier alpha value is -1.26. The van der Waals surface area contributed by atoms with Crippen molar-refractivity contribution in [2.45, 2.75) is 18.8 Å². The summed E-state index contributed by atoms with van der Waals surface area (Å²) in [7, 11) is 3.57. The minimum atomic E-state index is 0. The van der Waals surface area contributed by atoms with Gasteiger partial charge in [-0.05, 0) is 25.1 Å². The Morgan fingerprint density at radius 2 is 2.20 bits per heavy atom. The predicted molar refractivity (Wildman–Crippen MR) is 82.7 cm³/mol. The van der Waals surface area contributed by atoms with Gasteiger partial charge < -0.3 is 15.0 Å². The van der Waals surface area contributed by atoms with Crippen molar-refractivity contribution >= 4 is 18.3 Å². The summed E-state index contributed by atoms with van der Waals surface area (Å²) >= 11 is 0. The second-order valence-corrected chi connectivity index (χ2v) is 4.92. The highest BCUT2D eigenvalue weighted by Crippen LogP contribution is 2.33. The molecule has 1 amide bonds. The molecule has 5 heteroatoms. The van der Waals surface area contributed by atoms with Crippen LogP contribution >= 0.6 is 12.4 Å². The van der Waals surface area contributed by atoms with Crippen LogP contribution in [0.1, 0.15) is 24.3 Å². The van der Waals surface area contributed by atoms with Crippen molar-refractivity contribution in [3.05, 3.63) is 29.8 Å². The van der Waals surface area contributed by atoms with Crippen LogP contribution in [-0.2, 0) is 4.79 Å². The maximum atomic E-state index is 12.0. The third-order valence-electron chi connectivity index (χ3n) is 3.71. The molecule has 1 aliphatic heterocycles. The van der Waals surface area contributed by atoms with Crippen LogP contribution in [0.2, 0.25) is 0 Å². The van der Waals surface area contributed by atoms with Crippen LogP contribution < -0.4 is 10.1 Å². The molecule has 4 nitrogen and oxygen atoms in total. The molecule has 0 spiro atoms. The topological polar surface area (TPSA) is 41.6 Å². The number of amides is 1. The van der Waals surface area contributed by atoms with Crippen molar-refractivity contribution in [1.82, 2.24) is 10.2 Å². The van der Waals surface area contributed by atoms with Gasteiger partial charge in [0.1, 0.15) is 5.75 Å². The lowest BCUT2D eigenvalue weighted by Gasteiger charge is -2.17. The van der Waals surface area contributed by atoms with E-state index in [2.05, 4.69) is 11.4 Å². The standard InChI is InChI=1S/C15H22N2O2.ClH/c1-16-9-7-15(18)17-10-8-12(11-17)13-5-3-4-6-14(13)19-2;/h3-6,12,16H,7-11H2,1-2H3;1H. The van der Waals surface area contributed by atoms with E-state index >= 15 is 0 Å². The normalized spacial score (nSPS) is 17.7. The number of rotatable bonds is 5. The number of nitrogens with zero attached hydrogens (tertiary/aromatic N) is 1. The van der Waals surface area contributed by atoms with Gasteiger partial charge in [-0.2, -0.15) is 0 Å². The molecule has 1 heterocycles. The van der Waals surface area contributed by atoms with Crippen molar-refractivity contribution in [2.75, 3.05) is 33.8 Å². The zero-order valence-corrected chi connectivity index (χ0v) is 12.9. The summed E-state index contributed by atoms with van der Waals surface area (Å²) in [6, 6.07) is 8.10. The highest BCUT2D eigenvalue weighted by Gasteiger charge is 2.28. The number of carbonyl (C=O) groups excluding carboxylic acids is 1. The van der Waals surface area contributed by atoms with Crippen molar-refractivity contribution in [3.8, 4) is 5.75 Å². The van der Waals surface area contributed by atoms with Crippen molar-refractivity contribution in [2.24, 2.45) is 0 Å². The molecule has 0 radical (unpaired) electrons. The summed E-state index contributed by atoms with van der Waals surface area (Å²) in [5.74, 6) is 1.57. The number of hydrogen-bond donors (Lipinski definition) is 1. The summed E-state index contributed by atoms with van der Waals surface area (Å²) in [5, 5.41) is 3.02.